The Balaban J connectivity index is 2.28. The Bertz CT molecular complexity index is 395. The summed E-state index contributed by atoms with van der Waals surface area (Å²) in [7, 11) is 0. The Labute approximate surface area is 96.0 Å². The number of piperidine rings is 1. The lowest BCUT2D eigenvalue weighted by molar-refractivity contribution is 0.1000. The maximum Gasteiger partial charge on any atom is 0.248 e. The van der Waals surface area contributed by atoms with Crippen LogP contribution in [0.5, 0.6) is 0 Å². The van der Waals surface area contributed by atoms with Gasteiger partial charge in [0, 0.05) is 5.56 Å². The predicted molar refractivity (Wildman–Crippen MR) is 64.5 cm³/mol. The molecule has 1 fully saturated rings. The van der Waals surface area contributed by atoms with E-state index in [2.05, 4.69) is 11.4 Å². The summed E-state index contributed by atoms with van der Waals surface area (Å²) in [6.07, 6.45) is 2.28. The Morgan fingerprint density at radius 3 is 2.62 bits per heavy atom. The number of nitrogens with one attached hydrogen (secondary N) is 1. The highest BCUT2D eigenvalue weighted by atomic mass is 16.1. The van der Waals surface area contributed by atoms with E-state index >= 15 is 0 Å². The molecule has 0 aliphatic carbocycles. The topological polar surface area (TPSA) is 55.1 Å². The maximum absolute atomic E-state index is 11.2. The molecule has 2 rings (SSSR count). The fraction of sp³-hybridized carbons (Fsp3) is 0.462. The summed E-state index contributed by atoms with van der Waals surface area (Å²) in [5, 5.41) is 3.34. The monoisotopic (exact) mass is 218 g/mol. The number of benzene rings is 1. The van der Waals surface area contributed by atoms with Gasteiger partial charge in [-0.05, 0) is 56.5 Å². The van der Waals surface area contributed by atoms with Crippen LogP contribution in [0.15, 0.2) is 18.2 Å². The highest BCUT2D eigenvalue weighted by molar-refractivity contribution is 5.93. The van der Waals surface area contributed by atoms with Crippen molar-refractivity contribution in [1.29, 1.82) is 0 Å². The number of carbonyl (C=O) groups is 1. The van der Waals surface area contributed by atoms with Gasteiger partial charge in [0.1, 0.15) is 0 Å². The second kappa shape index (κ2) is 4.66. The van der Waals surface area contributed by atoms with E-state index in [9.17, 15) is 4.79 Å². The molecule has 0 spiro atoms. The number of primary amides is 1. The van der Waals surface area contributed by atoms with E-state index in [0.717, 1.165) is 31.5 Å². The van der Waals surface area contributed by atoms with Crippen LogP contribution in [0.1, 0.15) is 40.2 Å². The van der Waals surface area contributed by atoms with Crippen molar-refractivity contribution in [2.45, 2.75) is 25.7 Å². The first-order valence-electron chi connectivity index (χ1n) is 5.79. The quantitative estimate of drug-likeness (QED) is 0.791. The van der Waals surface area contributed by atoms with E-state index in [1.54, 1.807) is 0 Å². The molecule has 0 unspecified atom stereocenters. The molecule has 1 aromatic rings. The zero-order valence-corrected chi connectivity index (χ0v) is 9.62. The van der Waals surface area contributed by atoms with E-state index in [1.165, 1.54) is 5.56 Å². The number of hydrogen-bond acceptors (Lipinski definition) is 2. The molecule has 1 aliphatic heterocycles. The molecule has 1 aliphatic rings. The third-order valence-electron chi connectivity index (χ3n) is 3.19. The van der Waals surface area contributed by atoms with Crippen LogP contribution in [0.3, 0.4) is 0 Å². The minimum atomic E-state index is -0.334. The molecule has 0 saturated carbocycles. The average Bonchev–Trinajstić information content (AvgIpc) is 2.29. The van der Waals surface area contributed by atoms with E-state index in [4.69, 9.17) is 5.73 Å². The van der Waals surface area contributed by atoms with Gasteiger partial charge in [-0.15, -0.1) is 0 Å². The van der Waals surface area contributed by atoms with Crippen LogP contribution in [0.4, 0.5) is 0 Å². The van der Waals surface area contributed by atoms with Gasteiger partial charge in [0.25, 0.3) is 0 Å². The van der Waals surface area contributed by atoms with E-state index in [1.807, 2.05) is 19.1 Å². The zero-order chi connectivity index (χ0) is 11.5. The van der Waals surface area contributed by atoms with Crippen molar-refractivity contribution >= 4 is 5.91 Å². The minimum Gasteiger partial charge on any atom is -0.366 e. The molecule has 1 amide bonds. The van der Waals surface area contributed by atoms with Gasteiger partial charge in [-0.1, -0.05) is 11.6 Å². The normalized spacial score (nSPS) is 17.3. The molecule has 3 N–H and O–H groups in total. The molecule has 16 heavy (non-hydrogen) atoms. The van der Waals surface area contributed by atoms with Crippen molar-refractivity contribution in [1.82, 2.24) is 5.32 Å². The summed E-state index contributed by atoms with van der Waals surface area (Å²) in [4.78, 5) is 11.2. The highest BCUT2D eigenvalue weighted by Gasteiger charge is 2.16. The average molecular weight is 218 g/mol. The van der Waals surface area contributed by atoms with Crippen molar-refractivity contribution in [2.24, 2.45) is 5.73 Å². The van der Waals surface area contributed by atoms with Crippen molar-refractivity contribution in [3.05, 3.63) is 34.9 Å². The van der Waals surface area contributed by atoms with Gasteiger partial charge >= 0.3 is 0 Å². The lowest BCUT2D eigenvalue weighted by Crippen LogP contribution is -2.26. The van der Waals surface area contributed by atoms with Crippen molar-refractivity contribution in [3.63, 3.8) is 0 Å². The number of carbonyl (C=O) groups excluding carboxylic acids is 1. The van der Waals surface area contributed by atoms with Crippen LogP contribution in [0.2, 0.25) is 0 Å². The summed E-state index contributed by atoms with van der Waals surface area (Å²) in [5.41, 5.74) is 8.34. The fourth-order valence-corrected chi connectivity index (χ4v) is 2.35. The Morgan fingerprint density at radius 1 is 1.31 bits per heavy atom. The Hall–Kier alpha value is -1.35. The third-order valence-corrected chi connectivity index (χ3v) is 3.19. The lowest BCUT2D eigenvalue weighted by Gasteiger charge is -2.23. The summed E-state index contributed by atoms with van der Waals surface area (Å²) in [6, 6.07) is 5.97. The minimum absolute atomic E-state index is 0.334. The Kier molecular flexibility index (Phi) is 3.25. The Morgan fingerprint density at radius 2 is 2.00 bits per heavy atom. The first kappa shape index (κ1) is 11.1. The SMILES string of the molecule is Cc1cc(C(N)=O)cc(C2CCNCC2)c1. The number of hydrogen-bond donors (Lipinski definition) is 2. The van der Waals surface area contributed by atoms with Crippen LogP contribution in [-0.2, 0) is 0 Å². The number of aryl methyl sites for hydroxylation is 1. The second-order valence-electron chi connectivity index (χ2n) is 4.52. The number of rotatable bonds is 2. The predicted octanol–water partition coefficient (Wildman–Crippen LogP) is 1.56. The lowest BCUT2D eigenvalue weighted by atomic mass is 9.88. The first-order chi connectivity index (χ1) is 7.66. The van der Waals surface area contributed by atoms with Gasteiger partial charge in [-0.3, -0.25) is 4.79 Å². The van der Waals surface area contributed by atoms with Crippen molar-refractivity contribution in [3.8, 4) is 0 Å². The van der Waals surface area contributed by atoms with E-state index in [-0.39, 0.29) is 5.91 Å². The molecule has 1 saturated heterocycles. The molecule has 86 valence electrons. The molecule has 0 bridgehead atoms. The summed E-state index contributed by atoms with van der Waals surface area (Å²) >= 11 is 0. The van der Waals surface area contributed by atoms with Crippen LogP contribution in [0.25, 0.3) is 0 Å². The van der Waals surface area contributed by atoms with Gasteiger partial charge in [0.15, 0.2) is 0 Å². The third kappa shape index (κ3) is 2.42. The molecule has 3 nitrogen and oxygen atoms in total. The van der Waals surface area contributed by atoms with Gasteiger partial charge < -0.3 is 11.1 Å². The molecule has 1 heterocycles. The fourth-order valence-electron chi connectivity index (χ4n) is 2.35. The van der Waals surface area contributed by atoms with Crippen molar-refractivity contribution in [2.75, 3.05) is 13.1 Å². The summed E-state index contributed by atoms with van der Waals surface area (Å²) < 4.78 is 0. The van der Waals surface area contributed by atoms with Crippen molar-refractivity contribution < 1.29 is 4.79 Å². The zero-order valence-electron chi connectivity index (χ0n) is 9.62. The van der Waals surface area contributed by atoms with Gasteiger partial charge in [0.2, 0.25) is 5.91 Å². The molecular weight excluding hydrogens is 200 g/mol. The molecule has 1 aromatic carbocycles. The van der Waals surface area contributed by atoms with Crippen LogP contribution >= 0.6 is 0 Å². The molecule has 3 heteroatoms. The maximum atomic E-state index is 11.2. The molecular formula is C13H18N2O. The number of nitrogens with two attached hydrogens (primary N) is 1. The summed E-state index contributed by atoms with van der Waals surface area (Å²) in [6.45, 7) is 4.13. The van der Waals surface area contributed by atoms with Crippen LogP contribution in [-0.4, -0.2) is 19.0 Å². The second-order valence-corrected chi connectivity index (χ2v) is 4.52. The van der Waals surface area contributed by atoms with Gasteiger partial charge in [-0.2, -0.15) is 0 Å². The smallest absolute Gasteiger partial charge is 0.248 e. The summed E-state index contributed by atoms with van der Waals surface area (Å²) in [5.74, 6) is 0.234. The molecule has 0 aromatic heterocycles. The van der Waals surface area contributed by atoms with Crippen LogP contribution in [0, 0.1) is 6.92 Å². The molecule has 0 atom stereocenters. The first-order valence-corrected chi connectivity index (χ1v) is 5.79. The van der Waals surface area contributed by atoms with Gasteiger partial charge in [-0.25, -0.2) is 0 Å². The van der Waals surface area contributed by atoms with Gasteiger partial charge in [0.05, 0.1) is 0 Å². The molecule has 0 radical (unpaired) electrons. The largest absolute Gasteiger partial charge is 0.366 e. The van der Waals surface area contributed by atoms with E-state index < -0.39 is 0 Å². The standard InChI is InChI=1S/C13H18N2O/c1-9-6-11(8-12(7-9)13(14)16)10-2-4-15-5-3-10/h6-8,10,15H,2-5H2,1H3,(H2,14,16). The highest BCUT2D eigenvalue weighted by Crippen LogP contribution is 2.26. The van der Waals surface area contributed by atoms with E-state index in [0.29, 0.717) is 11.5 Å². The number of amides is 1. The van der Waals surface area contributed by atoms with Crippen LogP contribution < -0.4 is 11.1 Å².